The molecule has 0 amide bonds. The Labute approximate surface area is 148 Å². The van der Waals surface area contributed by atoms with E-state index in [9.17, 15) is 0 Å². The van der Waals surface area contributed by atoms with Crippen molar-refractivity contribution in [1.82, 2.24) is 9.97 Å². The first-order valence-electron chi connectivity index (χ1n) is 7.49. The molecule has 8 heteroatoms. The molecule has 2 aromatic rings. The number of ether oxygens (including phenoxy) is 4. The third-order valence-corrected chi connectivity index (χ3v) is 3.73. The SMILES string of the molecule is Brc1cncc(C2OCCO2)c1.Nc1cncc(C2OCCO2)c1. The molecular weight excluding hydrogens is 378 g/mol. The minimum absolute atomic E-state index is 0.227. The van der Waals surface area contributed by atoms with Gasteiger partial charge in [-0.3, -0.25) is 9.97 Å². The zero-order valence-corrected chi connectivity index (χ0v) is 14.5. The summed E-state index contributed by atoms with van der Waals surface area (Å²) < 4.78 is 22.1. The molecule has 0 saturated carbocycles. The van der Waals surface area contributed by atoms with Crippen molar-refractivity contribution in [3.63, 3.8) is 0 Å². The Kier molecular flexibility index (Phi) is 6.11. The van der Waals surface area contributed by atoms with Gasteiger partial charge in [0.05, 0.1) is 32.1 Å². The molecule has 2 saturated heterocycles. The summed E-state index contributed by atoms with van der Waals surface area (Å²) in [6, 6.07) is 3.76. The molecule has 0 bridgehead atoms. The van der Waals surface area contributed by atoms with Gasteiger partial charge in [0, 0.05) is 40.4 Å². The number of pyridine rings is 2. The molecule has 2 fully saturated rings. The Morgan fingerprint density at radius 3 is 1.79 bits per heavy atom. The fourth-order valence-corrected chi connectivity index (χ4v) is 2.65. The van der Waals surface area contributed by atoms with Crippen LogP contribution in [0.4, 0.5) is 5.69 Å². The summed E-state index contributed by atoms with van der Waals surface area (Å²) in [5.74, 6) is 0. The molecule has 0 radical (unpaired) electrons. The lowest BCUT2D eigenvalue weighted by atomic mass is 10.2. The molecule has 2 N–H and O–H groups in total. The molecule has 128 valence electrons. The number of nitrogens with two attached hydrogens (primary N) is 1. The van der Waals surface area contributed by atoms with Gasteiger partial charge in [-0.2, -0.15) is 0 Å². The molecule has 7 nitrogen and oxygen atoms in total. The van der Waals surface area contributed by atoms with Gasteiger partial charge in [-0.25, -0.2) is 0 Å². The second-order valence-corrected chi connectivity index (χ2v) is 6.05. The van der Waals surface area contributed by atoms with Gasteiger partial charge in [0.2, 0.25) is 0 Å². The molecule has 2 aliphatic heterocycles. The van der Waals surface area contributed by atoms with Crippen LogP contribution in [0, 0.1) is 0 Å². The van der Waals surface area contributed by atoms with Crippen molar-refractivity contribution in [1.29, 1.82) is 0 Å². The number of aromatic nitrogens is 2. The van der Waals surface area contributed by atoms with E-state index >= 15 is 0 Å². The van der Waals surface area contributed by atoms with Crippen LogP contribution in [-0.2, 0) is 18.9 Å². The van der Waals surface area contributed by atoms with Crippen LogP contribution in [-0.4, -0.2) is 36.4 Å². The van der Waals surface area contributed by atoms with E-state index in [1.54, 1.807) is 24.8 Å². The molecule has 2 aromatic heterocycles. The standard InChI is InChI=1S/C8H8BrNO2.C8H10N2O2/c2*9-7-3-6(4-10-5-7)8-11-1-2-12-8/h3-5,8H,1-2H2;3-5,8H,1-2,9H2. The summed E-state index contributed by atoms with van der Waals surface area (Å²) in [6.45, 7) is 2.60. The Bertz CT molecular complexity index is 604. The van der Waals surface area contributed by atoms with Gasteiger partial charge in [0.25, 0.3) is 0 Å². The maximum Gasteiger partial charge on any atom is 0.185 e. The van der Waals surface area contributed by atoms with E-state index in [0.29, 0.717) is 32.1 Å². The van der Waals surface area contributed by atoms with Crippen LogP contribution in [0.2, 0.25) is 0 Å². The minimum atomic E-state index is -0.277. The van der Waals surface area contributed by atoms with E-state index < -0.39 is 0 Å². The van der Waals surface area contributed by atoms with Crippen LogP contribution in [0.3, 0.4) is 0 Å². The predicted octanol–water partition coefficient (Wildman–Crippen LogP) is 2.60. The predicted molar refractivity (Wildman–Crippen MR) is 89.9 cm³/mol. The number of halogens is 1. The molecule has 0 aliphatic carbocycles. The molecule has 2 aliphatic rings. The van der Waals surface area contributed by atoms with Gasteiger partial charge < -0.3 is 24.7 Å². The zero-order valence-electron chi connectivity index (χ0n) is 12.9. The zero-order chi connectivity index (χ0) is 16.8. The van der Waals surface area contributed by atoms with Crippen LogP contribution < -0.4 is 5.73 Å². The number of nitrogen functional groups attached to an aromatic ring is 1. The van der Waals surface area contributed by atoms with Crippen molar-refractivity contribution in [3.8, 4) is 0 Å². The van der Waals surface area contributed by atoms with Crippen molar-refractivity contribution < 1.29 is 18.9 Å². The second-order valence-electron chi connectivity index (χ2n) is 5.14. The maximum absolute atomic E-state index is 5.55. The van der Waals surface area contributed by atoms with E-state index in [0.717, 1.165) is 15.6 Å². The first kappa shape index (κ1) is 17.2. The van der Waals surface area contributed by atoms with Crippen LogP contribution in [0.15, 0.2) is 41.4 Å². The Balaban J connectivity index is 0.000000141. The third-order valence-electron chi connectivity index (χ3n) is 3.29. The number of nitrogens with zero attached hydrogens (tertiary/aromatic N) is 2. The summed E-state index contributed by atoms with van der Waals surface area (Å²) in [7, 11) is 0. The van der Waals surface area contributed by atoms with Gasteiger partial charge in [-0.1, -0.05) is 0 Å². The van der Waals surface area contributed by atoms with Gasteiger partial charge >= 0.3 is 0 Å². The van der Waals surface area contributed by atoms with Crippen molar-refractivity contribution in [2.45, 2.75) is 12.6 Å². The number of anilines is 1. The fourth-order valence-electron chi connectivity index (χ4n) is 2.26. The Morgan fingerprint density at radius 2 is 1.29 bits per heavy atom. The highest BCUT2D eigenvalue weighted by atomic mass is 79.9. The van der Waals surface area contributed by atoms with Gasteiger partial charge in [-0.05, 0) is 28.1 Å². The van der Waals surface area contributed by atoms with Gasteiger partial charge in [0.1, 0.15) is 0 Å². The van der Waals surface area contributed by atoms with E-state index in [-0.39, 0.29) is 12.6 Å². The lowest BCUT2D eigenvalue weighted by Gasteiger charge is -2.08. The summed E-state index contributed by atoms with van der Waals surface area (Å²) in [4.78, 5) is 7.97. The summed E-state index contributed by atoms with van der Waals surface area (Å²) in [5.41, 5.74) is 8.03. The average Bonchev–Trinajstić information content (AvgIpc) is 3.29. The minimum Gasteiger partial charge on any atom is -0.397 e. The highest BCUT2D eigenvalue weighted by molar-refractivity contribution is 9.10. The quantitative estimate of drug-likeness (QED) is 0.835. The highest BCUT2D eigenvalue weighted by Gasteiger charge is 2.19. The first-order chi connectivity index (χ1) is 11.7. The van der Waals surface area contributed by atoms with E-state index in [1.165, 1.54) is 0 Å². The number of rotatable bonds is 2. The second kappa shape index (κ2) is 8.50. The molecule has 0 unspecified atom stereocenters. The fraction of sp³-hybridized carbons (Fsp3) is 0.375. The largest absolute Gasteiger partial charge is 0.397 e. The van der Waals surface area contributed by atoms with Crippen LogP contribution >= 0.6 is 15.9 Å². The molecule has 0 atom stereocenters. The summed E-state index contributed by atoms with van der Waals surface area (Å²) in [5, 5.41) is 0. The van der Waals surface area contributed by atoms with Crippen LogP contribution in [0.1, 0.15) is 23.7 Å². The average molecular weight is 396 g/mol. The lowest BCUT2D eigenvalue weighted by Crippen LogP contribution is -1.99. The van der Waals surface area contributed by atoms with E-state index in [2.05, 4.69) is 25.9 Å². The van der Waals surface area contributed by atoms with Crippen molar-refractivity contribution in [2.75, 3.05) is 32.2 Å². The molecule has 24 heavy (non-hydrogen) atoms. The van der Waals surface area contributed by atoms with E-state index in [4.69, 9.17) is 24.7 Å². The molecule has 4 rings (SSSR count). The van der Waals surface area contributed by atoms with Crippen molar-refractivity contribution in [3.05, 3.63) is 52.5 Å². The monoisotopic (exact) mass is 395 g/mol. The lowest BCUT2D eigenvalue weighted by molar-refractivity contribution is -0.0445. The topological polar surface area (TPSA) is 88.7 Å². The molecule has 0 aromatic carbocycles. The normalized spacial score (nSPS) is 18.4. The van der Waals surface area contributed by atoms with Gasteiger partial charge in [0.15, 0.2) is 12.6 Å². The van der Waals surface area contributed by atoms with Crippen molar-refractivity contribution in [2.24, 2.45) is 0 Å². The third kappa shape index (κ3) is 4.71. The smallest absolute Gasteiger partial charge is 0.185 e. The van der Waals surface area contributed by atoms with Crippen LogP contribution in [0.5, 0.6) is 0 Å². The molecular formula is C16H18BrN3O4. The number of hydrogen-bond acceptors (Lipinski definition) is 7. The Morgan fingerprint density at radius 1 is 0.792 bits per heavy atom. The first-order valence-corrected chi connectivity index (χ1v) is 8.29. The maximum atomic E-state index is 5.55. The van der Waals surface area contributed by atoms with Gasteiger partial charge in [-0.15, -0.1) is 0 Å². The summed E-state index contributed by atoms with van der Waals surface area (Å²) >= 11 is 3.34. The van der Waals surface area contributed by atoms with E-state index in [1.807, 2.05) is 12.1 Å². The molecule has 4 heterocycles. The Hall–Kier alpha value is -1.58. The van der Waals surface area contributed by atoms with Crippen LogP contribution in [0.25, 0.3) is 0 Å². The van der Waals surface area contributed by atoms with Crippen molar-refractivity contribution >= 4 is 21.6 Å². The molecule has 0 spiro atoms. The number of hydrogen-bond donors (Lipinski definition) is 1. The summed E-state index contributed by atoms with van der Waals surface area (Å²) in [6.07, 6.45) is 6.28. The highest BCUT2D eigenvalue weighted by Crippen LogP contribution is 2.24.